The zero-order valence-corrected chi connectivity index (χ0v) is 13.2. The van der Waals surface area contributed by atoms with Crippen LogP contribution in [0.25, 0.3) is 0 Å². The molecule has 0 atom stereocenters. The Balaban J connectivity index is 2.29. The molecular weight excluding hydrogens is 290 g/mol. The van der Waals surface area contributed by atoms with Crippen LogP contribution in [-0.4, -0.2) is 20.5 Å². The molecule has 0 radical (unpaired) electrons. The first kappa shape index (κ1) is 16.0. The second-order valence-electron chi connectivity index (χ2n) is 5.62. The van der Waals surface area contributed by atoms with Crippen molar-refractivity contribution in [1.82, 2.24) is 0 Å². The van der Waals surface area contributed by atoms with Gasteiger partial charge in [0.25, 0.3) is 0 Å². The zero-order valence-electron chi connectivity index (χ0n) is 12.4. The summed E-state index contributed by atoms with van der Waals surface area (Å²) in [5, 5.41) is 5.15. The van der Waals surface area contributed by atoms with E-state index < -0.39 is 16.0 Å². The molecule has 1 aliphatic carbocycles. The predicted molar refractivity (Wildman–Crippen MR) is 79.6 cm³/mol. The molecule has 6 heteroatoms. The number of nitrogens with two attached hydrogens (primary N) is 1. The first-order valence-corrected chi connectivity index (χ1v) is 8.68. The van der Waals surface area contributed by atoms with Gasteiger partial charge in [-0.15, -0.1) is 0 Å². The summed E-state index contributed by atoms with van der Waals surface area (Å²) >= 11 is 0. The van der Waals surface area contributed by atoms with E-state index >= 15 is 0 Å². The van der Waals surface area contributed by atoms with Gasteiger partial charge in [-0.1, -0.05) is 6.42 Å². The molecule has 0 aromatic heterocycles. The number of carbonyl (C=O) groups is 1. The van der Waals surface area contributed by atoms with Gasteiger partial charge in [0.15, 0.2) is 0 Å². The standard InChI is InChI=1S/C15H21NO4S/c1-10-8-13(21(16,18)19)9-14(11(10)2)15(17)20-12-6-4-3-5-7-12/h8-9,12H,3-7H2,1-2H3,(H2,16,18,19). The smallest absolute Gasteiger partial charge is 0.338 e. The van der Waals surface area contributed by atoms with E-state index in [0.717, 1.165) is 31.2 Å². The average molecular weight is 311 g/mol. The van der Waals surface area contributed by atoms with E-state index in [0.29, 0.717) is 5.56 Å². The molecule has 116 valence electrons. The van der Waals surface area contributed by atoms with E-state index in [1.165, 1.54) is 18.6 Å². The number of hydrogen-bond acceptors (Lipinski definition) is 4. The first-order valence-electron chi connectivity index (χ1n) is 7.14. The van der Waals surface area contributed by atoms with Crippen molar-refractivity contribution in [2.24, 2.45) is 5.14 Å². The lowest BCUT2D eigenvalue weighted by atomic mass is 9.97. The van der Waals surface area contributed by atoms with Crippen LogP contribution in [0.15, 0.2) is 17.0 Å². The number of esters is 1. The number of benzene rings is 1. The number of primary sulfonamides is 1. The highest BCUT2D eigenvalue weighted by Crippen LogP contribution is 2.24. The van der Waals surface area contributed by atoms with Crippen LogP contribution in [0.3, 0.4) is 0 Å². The summed E-state index contributed by atoms with van der Waals surface area (Å²) in [6.07, 6.45) is 4.98. The van der Waals surface area contributed by atoms with Crippen LogP contribution < -0.4 is 5.14 Å². The van der Waals surface area contributed by atoms with Crippen molar-refractivity contribution in [3.8, 4) is 0 Å². The molecule has 1 fully saturated rings. The lowest BCUT2D eigenvalue weighted by Gasteiger charge is -2.22. The van der Waals surface area contributed by atoms with Crippen molar-refractivity contribution in [3.05, 3.63) is 28.8 Å². The molecule has 1 saturated carbocycles. The number of ether oxygens (including phenoxy) is 1. The lowest BCUT2D eigenvalue weighted by molar-refractivity contribution is 0.0210. The van der Waals surface area contributed by atoms with Gasteiger partial charge in [0, 0.05) is 0 Å². The van der Waals surface area contributed by atoms with E-state index in [9.17, 15) is 13.2 Å². The zero-order chi connectivity index (χ0) is 15.6. The fourth-order valence-corrected chi connectivity index (χ4v) is 3.22. The van der Waals surface area contributed by atoms with E-state index in [1.54, 1.807) is 13.8 Å². The van der Waals surface area contributed by atoms with Crippen LogP contribution in [0.4, 0.5) is 0 Å². The molecule has 0 aliphatic heterocycles. The van der Waals surface area contributed by atoms with Crippen LogP contribution in [0.2, 0.25) is 0 Å². The van der Waals surface area contributed by atoms with Crippen molar-refractivity contribution in [3.63, 3.8) is 0 Å². The van der Waals surface area contributed by atoms with Gasteiger partial charge in [0.2, 0.25) is 10.0 Å². The Labute approximate surface area is 125 Å². The number of aryl methyl sites for hydroxylation is 1. The third-order valence-corrected chi connectivity index (χ3v) is 4.91. The van der Waals surface area contributed by atoms with Crippen LogP contribution in [0.5, 0.6) is 0 Å². The fourth-order valence-electron chi connectivity index (χ4n) is 2.60. The molecule has 2 rings (SSSR count). The maximum absolute atomic E-state index is 12.3. The summed E-state index contributed by atoms with van der Waals surface area (Å²) in [4.78, 5) is 12.3. The van der Waals surface area contributed by atoms with Gasteiger partial charge >= 0.3 is 5.97 Å². The van der Waals surface area contributed by atoms with Crippen LogP contribution in [0.1, 0.15) is 53.6 Å². The summed E-state index contributed by atoms with van der Waals surface area (Å²) in [6.45, 7) is 3.53. The monoisotopic (exact) mass is 311 g/mol. The first-order chi connectivity index (χ1) is 9.79. The molecule has 1 aliphatic rings. The summed E-state index contributed by atoms with van der Waals surface area (Å²) in [7, 11) is -3.84. The summed E-state index contributed by atoms with van der Waals surface area (Å²) in [6, 6.07) is 2.78. The number of hydrogen-bond donors (Lipinski definition) is 1. The van der Waals surface area contributed by atoms with E-state index in [2.05, 4.69) is 0 Å². The SMILES string of the molecule is Cc1cc(S(N)(=O)=O)cc(C(=O)OC2CCCCC2)c1C. The highest BCUT2D eigenvalue weighted by Gasteiger charge is 2.22. The quantitative estimate of drug-likeness (QED) is 0.869. The van der Waals surface area contributed by atoms with Gasteiger partial charge in [0.05, 0.1) is 10.5 Å². The molecular formula is C15H21NO4S. The molecule has 0 bridgehead atoms. The molecule has 1 aromatic rings. The van der Waals surface area contributed by atoms with Gasteiger partial charge in [-0.25, -0.2) is 18.4 Å². The summed E-state index contributed by atoms with van der Waals surface area (Å²) < 4.78 is 28.5. The van der Waals surface area contributed by atoms with E-state index in [1.807, 2.05) is 0 Å². The van der Waals surface area contributed by atoms with Crippen molar-refractivity contribution in [2.75, 3.05) is 0 Å². The minimum atomic E-state index is -3.84. The predicted octanol–water partition coefficient (Wildman–Crippen LogP) is 2.44. The molecule has 5 nitrogen and oxygen atoms in total. The Hall–Kier alpha value is -1.40. The maximum Gasteiger partial charge on any atom is 0.338 e. The molecule has 1 aromatic carbocycles. The van der Waals surface area contributed by atoms with E-state index in [-0.39, 0.29) is 16.6 Å². The molecule has 21 heavy (non-hydrogen) atoms. The maximum atomic E-state index is 12.3. The Morgan fingerprint density at radius 3 is 2.38 bits per heavy atom. The Kier molecular flexibility index (Phi) is 4.68. The second-order valence-corrected chi connectivity index (χ2v) is 7.18. The normalized spacial score (nSPS) is 16.7. The minimum absolute atomic E-state index is 0.0544. The second kappa shape index (κ2) is 6.15. The van der Waals surface area contributed by atoms with Crippen molar-refractivity contribution in [1.29, 1.82) is 0 Å². The van der Waals surface area contributed by atoms with Crippen molar-refractivity contribution >= 4 is 16.0 Å². The Morgan fingerprint density at radius 1 is 1.19 bits per heavy atom. The van der Waals surface area contributed by atoms with Gasteiger partial charge in [-0.2, -0.15) is 0 Å². The number of sulfonamides is 1. The number of carbonyl (C=O) groups excluding carboxylic acids is 1. The van der Waals surface area contributed by atoms with Gasteiger partial charge < -0.3 is 4.74 Å². The molecule has 0 saturated heterocycles. The van der Waals surface area contributed by atoms with Crippen LogP contribution in [-0.2, 0) is 14.8 Å². The highest BCUT2D eigenvalue weighted by molar-refractivity contribution is 7.89. The largest absolute Gasteiger partial charge is 0.459 e. The Morgan fingerprint density at radius 2 is 1.81 bits per heavy atom. The third-order valence-electron chi connectivity index (χ3n) is 4.02. The highest BCUT2D eigenvalue weighted by atomic mass is 32.2. The molecule has 2 N–H and O–H groups in total. The van der Waals surface area contributed by atoms with Crippen molar-refractivity contribution < 1.29 is 17.9 Å². The summed E-state index contributed by atoms with van der Waals surface area (Å²) in [5.41, 5.74) is 1.71. The number of rotatable bonds is 3. The van der Waals surface area contributed by atoms with Gasteiger partial charge in [0.1, 0.15) is 6.10 Å². The van der Waals surface area contributed by atoms with Crippen LogP contribution in [0, 0.1) is 13.8 Å². The van der Waals surface area contributed by atoms with Gasteiger partial charge in [-0.05, 0) is 62.8 Å². The minimum Gasteiger partial charge on any atom is -0.459 e. The van der Waals surface area contributed by atoms with E-state index in [4.69, 9.17) is 9.88 Å². The molecule has 0 heterocycles. The molecule has 0 amide bonds. The Bertz CT molecular complexity index is 646. The summed E-state index contributed by atoms with van der Waals surface area (Å²) in [5.74, 6) is -0.465. The lowest BCUT2D eigenvalue weighted by Crippen LogP contribution is -2.22. The molecule has 0 spiro atoms. The van der Waals surface area contributed by atoms with Crippen LogP contribution >= 0.6 is 0 Å². The average Bonchev–Trinajstić information content (AvgIpc) is 2.41. The third kappa shape index (κ3) is 3.83. The van der Waals surface area contributed by atoms with Crippen molar-refractivity contribution in [2.45, 2.75) is 57.0 Å². The molecule has 0 unspecified atom stereocenters. The topological polar surface area (TPSA) is 86.5 Å². The van der Waals surface area contributed by atoms with Gasteiger partial charge in [-0.3, -0.25) is 0 Å². The fraction of sp³-hybridized carbons (Fsp3) is 0.533.